The number of rotatable bonds is 6. The number of benzene rings is 1. The van der Waals surface area contributed by atoms with Crippen molar-refractivity contribution in [3.8, 4) is 0 Å². The summed E-state index contributed by atoms with van der Waals surface area (Å²) in [5, 5.41) is 3.49. The lowest BCUT2D eigenvalue weighted by molar-refractivity contribution is -0.117. The molecular formula is C13H18N4OS. The second kappa shape index (κ2) is 6.60. The van der Waals surface area contributed by atoms with Crippen LogP contribution in [-0.4, -0.2) is 42.5 Å². The second-order valence-corrected chi connectivity index (χ2v) is 5.45. The molecule has 0 unspecified atom stereocenters. The Labute approximate surface area is 116 Å². The molecule has 0 saturated carbocycles. The Hall–Kier alpha value is -1.50. The zero-order valence-corrected chi connectivity index (χ0v) is 11.7. The molecule has 2 rings (SSSR count). The van der Waals surface area contributed by atoms with Crippen LogP contribution in [0.5, 0.6) is 0 Å². The first kappa shape index (κ1) is 13.9. The Balaban J connectivity index is 1.91. The largest absolute Gasteiger partial charge is 0.330 e. The maximum absolute atomic E-state index is 11.8. The lowest BCUT2D eigenvalue weighted by atomic mass is 10.3. The van der Waals surface area contributed by atoms with E-state index in [1.807, 2.05) is 36.2 Å². The van der Waals surface area contributed by atoms with E-state index in [0.29, 0.717) is 18.2 Å². The Morgan fingerprint density at radius 2 is 2.26 bits per heavy atom. The molecule has 0 radical (unpaired) electrons. The Morgan fingerprint density at radius 1 is 1.47 bits per heavy atom. The minimum atomic E-state index is -0.0430. The number of carbonyl (C=O) groups excluding carboxylic acids is 1. The van der Waals surface area contributed by atoms with Crippen LogP contribution in [0.15, 0.2) is 24.3 Å². The average Bonchev–Trinajstić information content (AvgIpc) is 2.78. The van der Waals surface area contributed by atoms with Gasteiger partial charge in [-0.2, -0.15) is 0 Å². The minimum absolute atomic E-state index is 0.0430. The van der Waals surface area contributed by atoms with Crippen LogP contribution in [0.2, 0.25) is 0 Å². The molecule has 1 aromatic carbocycles. The number of nitrogens with zero attached hydrogens (tertiary/aromatic N) is 2. The summed E-state index contributed by atoms with van der Waals surface area (Å²) in [6.07, 6.45) is 0.894. The van der Waals surface area contributed by atoms with Crippen molar-refractivity contribution in [1.82, 2.24) is 9.88 Å². The number of hydrogen-bond acceptors (Lipinski definition) is 5. The summed E-state index contributed by atoms with van der Waals surface area (Å²) in [5.74, 6) is -0.0430. The molecule has 0 fully saturated rings. The van der Waals surface area contributed by atoms with Crippen molar-refractivity contribution in [2.24, 2.45) is 5.73 Å². The van der Waals surface area contributed by atoms with E-state index in [9.17, 15) is 4.79 Å². The van der Waals surface area contributed by atoms with Gasteiger partial charge >= 0.3 is 0 Å². The van der Waals surface area contributed by atoms with Gasteiger partial charge in [0, 0.05) is 0 Å². The molecule has 0 spiro atoms. The van der Waals surface area contributed by atoms with Crippen LogP contribution >= 0.6 is 11.3 Å². The number of likely N-dealkylation sites (N-methyl/N-ethyl adjacent to an activating group) is 1. The van der Waals surface area contributed by atoms with Gasteiger partial charge in [-0.15, -0.1) is 0 Å². The molecule has 6 heteroatoms. The molecule has 1 amide bonds. The van der Waals surface area contributed by atoms with Crippen LogP contribution < -0.4 is 11.1 Å². The van der Waals surface area contributed by atoms with Crippen LogP contribution in [0.25, 0.3) is 10.2 Å². The van der Waals surface area contributed by atoms with E-state index >= 15 is 0 Å². The smallest absolute Gasteiger partial charge is 0.240 e. The lowest BCUT2D eigenvalue weighted by Crippen LogP contribution is -2.31. The fraction of sp³-hybridized carbons (Fsp3) is 0.385. The van der Waals surface area contributed by atoms with E-state index in [-0.39, 0.29) is 5.91 Å². The van der Waals surface area contributed by atoms with Crippen molar-refractivity contribution in [3.63, 3.8) is 0 Å². The molecule has 0 aliphatic carbocycles. The number of amides is 1. The number of nitrogens with one attached hydrogen (secondary N) is 1. The summed E-state index contributed by atoms with van der Waals surface area (Å²) in [5.41, 5.74) is 6.35. The maximum Gasteiger partial charge on any atom is 0.240 e. The summed E-state index contributed by atoms with van der Waals surface area (Å²) in [7, 11) is 1.91. The number of thiazole rings is 1. The summed E-state index contributed by atoms with van der Waals surface area (Å²) >= 11 is 1.49. The summed E-state index contributed by atoms with van der Waals surface area (Å²) in [6, 6.07) is 7.84. The van der Waals surface area contributed by atoms with Gasteiger partial charge < -0.3 is 11.1 Å². The highest BCUT2D eigenvalue weighted by molar-refractivity contribution is 7.22. The zero-order chi connectivity index (χ0) is 13.7. The first-order valence-electron chi connectivity index (χ1n) is 6.23. The topological polar surface area (TPSA) is 71.2 Å². The number of aromatic nitrogens is 1. The molecule has 2 aromatic rings. The van der Waals surface area contributed by atoms with Crippen molar-refractivity contribution < 1.29 is 4.79 Å². The summed E-state index contributed by atoms with van der Waals surface area (Å²) in [6.45, 7) is 1.82. The van der Waals surface area contributed by atoms with Crippen molar-refractivity contribution in [3.05, 3.63) is 24.3 Å². The highest BCUT2D eigenvalue weighted by atomic mass is 32.1. The van der Waals surface area contributed by atoms with Crippen LogP contribution in [0.4, 0.5) is 5.13 Å². The van der Waals surface area contributed by atoms with Gasteiger partial charge in [0.1, 0.15) is 0 Å². The standard InChI is InChI=1S/C13H18N4OS/c1-17(8-4-7-14)9-12(18)16-13-15-10-5-2-3-6-11(10)19-13/h2-3,5-6H,4,7-9,14H2,1H3,(H,15,16,18). The van der Waals surface area contributed by atoms with Crippen LogP contribution in [0.1, 0.15) is 6.42 Å². The predicted octanol–water partition coefficient (Wildman–Crippen LogP) is 1.52. The Kier molecular flexibility index (Phi) is 4.84. The molecule has 0 aliphatic rings. The van der Waals surface area contributed by atoms with Gasteiger partial charge in [-0.25, -0.2) is 4.98 Å². The number of para-hydroxylation sites is 1. The number of nitrogens with two attached hydrogens (primary N) is 1. The number of hydrogen-bond donors (Lipinski definition) is 2. The van der Waals surface area contributed by atoms with E-state index in [4.69, 9.17) is 5.73 Å². The molecule has 0 bridgehead atoms. The van der Waals surface area contributed by atoms with Gasteiger partial charge in [0.25, 0.3) is 0 Å². The first-order chi connectivity index (χ1) is 9.19. The Morgan fingerprint density at radius 3 is 3.00 bits per heavy atom. The number of fused-ring (bicyclic) bond motifs is 1. The van der Waals surface area contributed by atoms with Crippen LogP contribution in [-0.2, 0) is 4.79 Å². The van der Waals surface area contributed by atoms with E-state index in [1.54, 1.807) is 0 Å². The second-order valence-electron chi connectivity index (χ2n) is 4.41. The molecule has 0 saturated heterocycles. The highest BCUT2D eigenvalue weighted by Crippen LogP contribution is 2.25. The van der Waals surface area contributed by atoms with Gasteiger partial charge in [-0.05, 0) is 38.7 Å². The van der Waals surface area contributed by atoms with Crippen molar-refractivity contribution in [2.45, 2.75) is 6.42 Å². The average molecular weight is 278 g/mol. The van der Waals surface area contributed by atoms with Gasteiger partial charge in [0.15, 0.2) is 5.13 Å². The van der Waals surface area contributed by atoms with Gasteiger partial charge in [0.2, 0.25) is 5.91 Å². The molecule has 5 nitrogen and oxygen atoms in total. The van der Waals surface area contributed by atoms with Crippen LogP contribution in [0, 0.1) is 0 Å². The third kappa shape index (κ3) is 3.99. The van der Waals surface area contributed by atoms with Crippen molar-refractivity contribution in [1.29, 1.82) is 0 Å². The third-order valence-corrected chi connectivity index (χ3v) is 3.65. The highest BCUT2D eigenvalue weighted by Gasteiger charge is 2.09. The monoisotopic (exact) mass is 278 g/mol. The lowest BCUT2D eigenvalue weighted by Gasteiger charge is -2.14. The third-order valence-electron chi connectivity index (χ3n) is 2.70. The van der Waals surface area contributed by atoms with E-state index in [1.165, 1.54) is 11.3 Å². The fourth-order valence-electron chi connectivity index (χ4n) is 1.77. The molecule has 1 heterocycles. The molecule has 19 heavy (non-hydrogen) atoms. The molecule has 3 N–H and O–H groups in total. The van der Waals surface area contributed by atoms with Gasteiger partial charge in [-0.3, -0.25) is 9.69 Å². The van der Waals surface area contributed by atoms with E-state index in [2.05, 4.69) is 10.3 Å². The molecular weight excluding hydrogens is 260 g/mol. The van der Waals surface area contributed by atoms with Crippen molar-refractivity contribution in [2.75, 3.05) is 32.0 Å². The molecule has 0 aliphatic heterocycles. The van der Waals surface area contributed by atoms with Gasteiger partial charge in [-0.1, -0.05) is 23.5 Å². The quantitative estimate of drug-likeness (QED) is 0.840. The number of carbonyl (C=O) groups is 1. The van der Waals surface area contributed by atoms with Crippen molar-refractivity contribution >= 4 is 32.6 Å². The molecule has 1 aromatic heterocycles. The van der Waals surface area contributed by atoms with E-state index in [0.717, 1.165) is 23.2 Å². The molecule has 0 atom stereocenters. The first-order valence-corrected chi connectivity index (χ1v) is 7.04. The minimum Gasteiger partial charge on any atom is -0.330 e. The summed E-state index contributed by atoms with van der Waals surface area (Å²) in [4.78, 5) is 18.2. The maximum atomic E-state index is 11.8. The summed E-state index contributed by atoms with van der Waals surface area (Å²) < 4.78 is 1.08. The van der Waals surface area contributed by atoms with Gasteiger partial charge in [0.05, 0.1) is 16.8 Å². The number of anilines is 1. The molecule has 102 valence electrons. The predicted molar refractivity (Wildman–Crippen MR) is 79.4 cm³/mol. The SMILES string of the molecule is CN(CCCN)CC(=O)Nc1nc2ccccc2s1. The zero-order valence-electron chi connectivity index (χ0n) is 10.9. The van der Waals surface area contributed by atoms with Crippen LogP contribution in [0.3, 0.4) is 0 Å². The normalized spacial score (nSPS) is 11.1. The van der Waals surface area contributed by atoms with E-state index < -0.39 is 0 Å². The Bertz CT molecular complexity index is 521. The fourth-order valence-corrected chi connectivity index (χ4v) is 2.65.